The van der Waals surface area contributed by atoms with E-state index in [0.29, 0.717) is 39.9 Å². The van der Waals surface area contributed by atoms with E-state index in [0.717, 1.165) is 42.7 Å². The summed E-state index contributed by atoms with van der Waals surface area (Å²) < 4.78 is 42.7. The maximum absolute atomic E-state index is 12.5. The van der Waals surface area contributed by atoms with Crippen LogP contribution in [-0.4, -0.2) is 77.1 Å². The second kappa shape index (κ2) is 15.3. The molecule has 256 valence electrons. The number of methoxy groups -OCH3 is 1. The van der Waals surface area contributed by atoms with Crippen molar-refractivity contribution in [2.24, 2.45) is 11.8 Å². The highest BCUT2D eigenvalue weighted by Gasteiger charge is 2.41. The van der Waals surface area contributed by atoms with E-state index in [1.54, 1.807) is 30.6 Å². The van der Waals surface area contributed by atoms with E-state index in [-0.39, 0.29) is 41.7 Å². The molecule has 47 heavy (non-hydrogen) atoms. The van der Waals surface area contributed by atoms with Crippen molar-refractivity contribution in [1.29, 1.82) is 0 Å². The second-order valence-corrected chi connectivity index (χ2v) is 15.5. The normalized spacial score (nSPS) is 19.1. The summed E-state index contributed by atoms with van der Waals surface area (Å²) >= 11 is 0.955. The lowest BCUT2D eigenvalue weighted by Crippen LogP contribution is -2.45. The molecule has 11 nitrogen and oxygen atoms in total. The van der Waals surface area contributed by atoms with Gasteiger partial charge in [0, 0.05) is 48.9 Å². The Kier molecular flexibility index (Phi) is 11.4. The molecule has 1 aliphatic carbocycles. The Hall–Kier alpha value is -3.33. The molecule has 0 saturated heterocycles. The number of carbonyl (C=O) groups is 2. The number of carboxylic acid groups (broad SMARTS) is 1. The lowest BCUT2D eigenvalue weighted by molar-refractivity contribution is 0.0703. The Morgan fingerprint density at radius 1 is 1.06 bits per heavy atom. The van der Waals surface area contributed by atoms with Gasteiger partial charge in [-0.25, -0.2) is 9.59 Å². The zero-order valence-electron chi connectivity index (χ0n) is 27.3. The molecule has 0 bridgehead atoms. The minimum absolute atomic E-state index is 0.0797. The number of likely N-dealkylation sites (N-methyl/N-ethyl adjacent to an activating group) is 1. The Bertz CT molecular complexity index is 1540. The van der Waals surface area contributed by atoms with E-state index in [1.807, 2.05) is 50.2 Å². The number of fused-ring (bicyclic) bond motifs is 1. The van der Waals surface area contributed by atoms with E-state index < -0.39 is 22.8 Å². The number of anilines is 3. The van der Waals surface area contributed by atoms with Crippen molar-refractivity contribution in [2.45, 2.75) is 56.9 Å². The zero-order valence-corrected chi connectivity index (χ0v) is 28.9. The third-order valence-electron chi connectivity index (χ3n) is 8.67. The van der Waals surface area contributed by atoms with E-state index >= 15 is 0 Å². The van der Waals surface area contributed by atoms with Gasteiger partial charge in [0.05, 0.1) is 29.5 Å². The summed E-state index contributed by atoms with van der Waals surface area (Å²) in [6.07, 6.45) is 4.68. The summed E-state index contributed by atoms with van der Waals surface area (Å²) in [6, 6.07) is 14.8. The summed E-state index contributed by atoms with van der Waals surface area (Å²) in [5, 5.41) is 12.6. The Morgan fingerprint density at radius 2 is 1.79 bits per heavy atom. The summed E-state index contributed by atoms with van der Waals surface area (Å²) in [4.78, 5) is 27.7. The fraction of sp³-hybridized carbons (Fsp3) is 0.471. The first-order valence-electron chi connectivity index (χ1n) is 16.0. The maximum Gasteiger partial charge on any atom is 0.411 e. The lowest BCUT2D eigenvalue weighted by atomic mass is 9.83. The predicted molar refractivity (Wildman–Crippen MR) is 187 cm³/mol. The average molecular weight is 688 g/mol. The molecule has 0 spiro atoms. The summed E-state index contributed by atoms with van der Waals surface area (Å²) in [7, 11) is -0.154. The molecule has 5 rings (SSSR count). The van der Waals surface area contributed by atoms with Gasteiger partial charge >= 0.3 is 12.1 Å². The topological polar surface area (TPSA) is 141 Å². The molecule has 1 aliphatic heterocycles. The first-order chi connectivity index (χ1) is 22.5. The van der Waals surface area contributed by atoms with Crippen LogP contribution in [0.1, 0.15) is 55.6 Å². The van der Waals surface area contributed by atoms with Crippen molar-refractivity contribution >= 4 is 51.2 Å². The Morgan fingerprint density at radius 3 is 2.45 bits per heavy atom. The number of hydrogen-bond acceptors (Lipinski definition) is 10. The third-order valence-corrected chi connectivity index (χ3v) is 11.8. The average Bonchev–Trinajstić information content (AvgIpc) is 3.45. The van der Waals surface area contributed by atoms with Crippen LogP contribution in [0.2, 0.25) is 0 Å². The standard InChI is InChI=1S/C34H45N3O8S2/c1-22(2)21-45-34(40)35-26-18-30(46-32(26)33(38)39)25-17-31-27(19-29(25)44-16-15-43-4)37(24-13-9-6-10-14-24)20-28(36(3)47(31,41)42)23-11-7-5-8-12-23/h6,9-10,13-14,17-19,22-23,28,41-42H,5,7-8,11-12,15-16,20-21H2,1-4H3,(H,35,40)(H,38,39). The number of hydrogen-bond donors (Lipinski definition) is 4. The molecule has 1 saturated carbocycles. The molecule has 13 heteroatoms. The molecule has 1 atom stereocenters. The Balaban J connectivity index is 1.66. The van der Waals surface area contributed by atoms with Crippen molar-refractivity contribution in [3.05, 3.63) is 53.4 Å². The first kappa shape index (κ1) is 35.0. The van der Waals surface area contributed by atoms with Gasteiger partial charge in [0.25, 0.3) is 0 Å². The van der Waals surface area contributed by atoms with Gasteiger partial charge < -0.3 is 24.2 Å². The van der Waals surface area contributed by atoms with Crippen LogP contribution in [0.3, 0.4) is 0 Å². The first-order valence-corrected chi connectivity index (χ1v) is 18.3. The molecule has 3 aromatic rings. The van der Waals surface area contributed by atoms with Crippen LogP contribution in [-0.2, 0) is 9.47 Å². The molecule has 0 radical (unpaired) electrons. The number of carboxylic acids is 1. The highest BCUT2D eigenvalue weighted by atomic mass is 32.3. The second-order valence-electron chi connectivity index (χ2n) is 12.4. The molecular formula is C34H45N3O8S2. The number of nitrogens with zero attached hydrogens (tertiary/aromatic N) is 2. The summed E-state index contributed by atoms with van der Waals surface area (Å²) in [5.41, 5.74) is 2.05. The van der Waals surface area contributed by atoms with Crippen LogP contribution >= 0.6 is 22.1 Å². The van der Waals surface area contributed by atoms with Crippen molar-refractivity contribution < 1.29 is 38.0 Å². The summed E-state index contributed by atoms with van der Waals surface area (Å²) in [6.45, 7) is 5.04. The smallest absolute Gasteiger partial charge is 0.411 e. The number of benzene rings is 2. The number of aromatic carboxylic acids is 1. The van der Waals surface area contributed by atoms with Crippen LogP contribution in [0, 0.1) is 11.8 Å². The number of nitrogens with one attached hydrogen (secondary N) is 1. The Labute approximate surface area is 281 Å². The van der Waals surface area contributed by atoms with Gasteiger partial charge in [-0.05, 0) is 48.9 Å². The van der Waals surface area contributed by atoms with Crippen LogP contribution < -0.4 is 15.0 Å². The van der Waals surface area contributed by atoms with E-state index in [4.69, 9.17) is 14.2 Å². The molecular weight excluding hydrogens is 643 g/mol. The monoisotopic (exact) mass is 687 g/mol. The fourth-order valence-electron chi connectivity index (χ4n) is 6.25. The molecule has 2 aromatic carbocycles. The number of ether oxygens (including phenoxy) is 3. The quantitative estimate of drug-likeness (QED) is 0.145. The number of carbonyl (C=O) groups excluding carboxylic acids is 1. The number of thiophene rings is 1. The minimum atomic E-state index is -3.51. The summed E-state index contributed by atoms with van der Waals surface area (Å²) in [5.74, 6) is -0.401. The van der Waals surface area contributed by atoms with Gasteiger partial charge in [-0.3, -0.25) is 14.4 Å². The van der Waals surface area contributed by atoms with E-state index in [9.17, 15) is 23.8 Å². The molecule has 1 aromatic heterocycles. The number of para-hydroxylation sites is 1. The van der Waals surface area contributed by atoms with Crippen LogP contribution in [0.4, 0.5) is 21.9 Å². The van der Waals surface area contributed by atoms with Crippen LogP contribution in [0.5, 0.6) is 5.75 Å². The van der Waals surface area contributed by atoms with Gasteiger partial charge in [-0.1, -0.05) is 51.3 Å². The minimum Gasteiger partial charge on any atom is -0.490 e. The van der Waals surface area contributed by atoms with Crippen molar-refractivity contribution in [1.82, 2.24) is 4.31 Å². The molecule has 1 fully saturated rings. The third kappa shape index (κ3) is 7.87. The van der Waals surface area contributed by atoms with Crippen LogP contribution in [0.15, 0.2) is 53.4 Å². The fourth-order valence-corrected chi connectivity index (χ4v) is 8.88. The molecule has 1 unspecified atom stereocenters. The van der Waals surface area contributed by atoms with Gasteiger partial charge in [-0.15, -0.1) is 22.1 Å². The predicted octanol–water partition coefficient (Wildman–Crippen LogP) is 8.40. The molecule has 4 N–H and O–H groups in total. The highest BCUT2D eigenvalue weighted by Crippen LogP contribution is 2.61. The van der Waals surface area contributed by atoms with Crippen LogP contribution in [0.25, 0.3) is 10.4 Å². The molecule has 2 aliphatic rings. The van der Waals surface area contributed by atoms with Gasteiger partial charge in [-0.2, -0.15) is 4.31 Å². The maximum atomic E-state index is 12.5. The lowest BCUT2D eigenvalue weighted by Gasteiger charge is -2.46. The largest absolute Gasteiger partial charge is 0.490 e. The van der Waals surface area contributed by atoms with Crippen molar-refractivity contribution in [2.75, 3.05) is 50.7 Å². The highest BCUT2D eigenvalue weighted by molar-refractivity contribution is 8.22. The SMILES string of the molecule is COCCOc1cc2c(cc1-c1cc(NC(=O)OCC(C)C)c(C(=O)O)s1)S(O)(O)N(C)C(C1CCCCC1)CN2c1ccccc1. The van der Waals surface area contributed by atoms with E-state index in [2.05, 4.69) is 10.2 Å². The zero-order chi connectivity index (χ0) is 33.7. The van der Waals surface area contributed by atoms with Gasteiger partial charge in [0.1, 0.15) is 17.2 Å². The van der Waals surface area contributed by atoms with E-state index in [1.165, 1.54) is 6.42 Å². The van der Waals surface area contributed by atoms with Gasteiger partial charge in [0.2, 0.25) is 0 Å². The molecule has 2 heterocycles. The molecule has 1 amide bonds. The number of rotatable bonds is 11. The van der Waals surface area contributed by atoms with Crippen molar-refractivity contribution in [3.63, 3.8) is 0 Å². The number of amides is 1. The van der Waals surface area contributed by atoms with Gasteiger partial charge in [0.15, 0.2) is 0 Å². The van der Waals surface area contributed by atoms with Crippen molar-refractivity contribution in [3.8, 4) is 16.2 Å².